The standard InChI is InChI=1S/CHN4.CH3NS2.Mo.2O/c1-2-4-5-3-1;2-1(3)4;;;/h(H,2,3,4,5);(H3,2,3,4);;;/q-1;;+2;;/p-1. The molecule has 0 atom stereocenters. The van der Waals surface area contributed by atoms with Gasteiger partial charge in [-0.25, -0.2) is 11.5 Å². The van der Waals surface area contributed by atoms with Crippen LogP contribution < -0.4 is 5.73 Å². The molecule has 0 aliphatic heterocycles. The van der Waals surface area contributed by atoms with Gasteiger partial charge in [0.05, 0.1) is 0 Å². The van der Waals surface area contributed by atoms with Crippen molar-refractivity contribution in [1.29, 1.82) is 0 Å². The van der Waals surface area contributed by atoms with E-state index in [1.165, 1.54) is 0 Å². The Bertz CT molecular complexity index is 200. The summed E-state index contributed by atoms with van der Waals surface area (Å²) in [6.45, 7) is 0. The van der Waals surface area contributed by atoms with Crippen LogP contribution in [0.25, 0.3) is 0 Å². The largest absolute Gasteiger partial charge is 0.357 e. The van der Waals surface area contributed by atoms with E-state index in [1.807, 2.05) is 0 Å². The van der Waals surface area contributed by atoms with E-state index < -0.39 is 18.5 Å². The number of hydrogen-bond acceptors (Lipinski definition) is 7. The van der Waals surface area contributed by atoms with Crippen molar-refractivity contribution >= 4 is 29.2 Å². The second-order valence-electron chi connectivity index (χ2n) is 0.899. The quantitative estimate of drug-likeness (QED) is 0.258. The van der Waals surface area contributed by atoms with Crippen LogP contribution >= 0.6 is 12.2 Å². The van der Waals surface area contributed by atoms with Gasteiger partial charge in [0.25, 0.3) is 0 Å². The fourth-order valence-electron chi connectivity index (χ4n) is 0.112. The van der Waals surface area contributed by atoms with Crippen LogP contribution in [0.15, 0.2) is 0 Å². The molecule has 1 rings (SSSR count). The van der Waals surface area contributed by atoms with Crippen LogP contribution in [0.3, 0.4) is 0 Å². The first-order valence-electron chi connectivity index (χ1n) is 2.12. The molecule has 0 saturated carbocycles. The number of nitrogens with two attached hydrogens (primary N) is 1. The Morgan fingerprint density at radius 3 is 2.17 bits per heavy atom. The van der Waals surface area contributed by atoms with E-state index in [0.29, 0.717) is 0 Å². The molecule has 0 amide bonds. The summed E-state index contributed by atoms with van der Waals surface area (Å²) in [5.41, 5.74) is 4.66. The van der Waals surface area contributed by atoms with Gasteiger partial charge < -0.3 is 40.8 Å². The SMILES string of the molecule is NC(=S)[S-].[O]=[Mo+2]=[O].[c-]1nn[nH]n1. The molecule has 0 radical (unpaired) electrons. The number of H-pyrrole nitrogens is 1. The maximum Gasteiger partial charge on any atom is -0.0920 e. The van der Waals surface area contributed by atoms with E-state index >= 15 is 0 Å². The molecule has 0 spiro atoms. The van der Waals surface area contributed by atoms with Crippen molar-refractivity contribution in [2.75, 3.05) is 0 Å². The van der Waals surface area contributed by atoms with Crippen LogP contribution in [-0.4, -0.2) is 24.9 Å². The summed E-state index contributed by atoms with van der Waals surface area (Å²) < 4.78 is 17.1. The third kappa shape index (κ3) is 34.0. The fraction of sp³-hybridized carbons (Fsp3) is 0. The van der Waals surface area contributed by atoms with Gasteiger partial charge in [0.15, 0.2) is 0 Å². The van der Waals surface area contributed by atoms with E-state index in [2.05, 4.69) is 57.5 Å². The Morgan fingerprint density at radius 2 is 2.08 bits per heavy atom. The number of rotatable bonds is 0. The Hall–Kier alpha value is -0.532. The maximum atomic E-state index is 8.50. The van der Waals surface area contributed by atoms with Gasteiger partial charge >= 0.3 is 25.3 Å². The molecule has 0 saturated heterocycles. The van der Waals surface area contributed by atoms with Crippen molar-refractivity contribution in [2.24, 2.45) is 5.73 Å². The second-order valence-corrected chi connectivity index (χ2v) is 2.37. The van der Waals surface area contributed by atoms with Gasteiger partial charge in [-0.15, -0.1) is 0 Å². The topological polar surface area (TPSA) is 115 Å². The summed E-state index contributed by atoms with van der Waals surface area (Å²) in [4.78, 5) is 0. The predicted octanol–water partition coefficient (Wildman–Crippen LogP) is -1.46. The molecule has 0 aliphatic rings. The molecule has 7 nitrogen and oxygen atoms in total. The molecule has 0 bridgehead atoms. The molecule has 1 aromatic heterocycles. The van der Waals surface area contributed by atoms with E-state index in [1.54, 1.807) is 0 Å². The fourth-order valence-corrected chi connectivity index (χ4v) is 0.112. The normalized spacial score (nSPS) is 6.00. The zero-order chi connectivity index (χ0) is 9.82. The summed E-state index contributed by atoms with van der Waals surface area (Å²) in [7, 11) is 0. The molecular weight excluding hydrogens is 286 g/mol. The minimum Gasteiger partial charge on any atom is -0.357 e. The molecule has 1 heterocycles. The molecule has 66 valence electrons. The summed E-state index contributed by atoms with van der Waals surface area (Å²) in [5, 5.41) is 11.8. The van der Waals surface area contributed by atoms with Crippen molar-refractivity contribution in [3.8, 4) is 0 Å². The number of tetrazole rings is 1. The van der Waals surface area contributed by atoms with E-state index in [0.717, 1.165) is 0 Å². The van der Waals surface area contributed by atoms with Crippen molar-refractivity contribution in [1.82, 2.24) is 20.6 Å². The molecule has 12 heavy (non-hydrogen) atoms. The van der Waals surface area contributed by atoms with E-state index in [4.69, 9.17) is 6.80 Å². The van der Waals surface area contributed by atoms with Gasteiger partial charge in [0.2, 0.25) is 0 Å². The van der Waals surface area contributed by atoms with Crippen molar-refractivity contribution in [2.45, 2.75) is 0 Å². The molecule has 0 unspecified atom stereocenters. The Kier molecular flexibility index (Phi) is 15.3. The van der Waals surface area contributed by atoms with Crippen LogP contribution in [0.1, 0.15) is 0 Å². The number of aromatic amines is 1. The number of nitrogens with zero attached hydrogens (tertiary/aromatic N) is 3. The summed E-state index contributed by atoms with van der Waals surface area (Å²) >= 11 is 6.23. The first-order chi connectivity index (χ1) is 5.65. The monoisotopic (exact) mass is 291 g/mol. The van der Waals surface area contributed by atoms with Gasteiger partial charge in [-0.2, -0.15) is 0 Å². The van der Waals surface area contributed by atoms with Gasteiger partial charge in [0, 0.05) is 0 Å². The number of hydrogen-bond donors (Lipinski definition) is 2. The van der Waals surface area contributed by atoms with Crippen molar-refractivity contribution in [3.63, 3.8) is 0 Å². The van der Waals surface area contributed by atoms with Gasteiger partial charge in [0.1, 0.15) is 0 Å². The molecule has 0 aliphatic carbocycles. The van der Waals surface area contributed by atoms with Crippen LogP contribution in [0.4, 0.5) is 0 Å². The van der Waals surface area contributed by atoms with Gasteiger partial charge in [-0.05, 0) is 0 Å². The predicted molar refractivity (Wildman–Crippen MR) is 38.5 cm³/mol. The maximum absolute atomic E-state index is 8.50. The summed E-state index contributed by atoms with van der Waals surface area (Å²) in [6.07, 6.45) is 2.19. The molecular formula is C2H3MoN5O2S2. The van der Waals surface area contributed by atoms with Gasteiger partial charge in [-0.3, -0.25) is 0 Å². The summed E-state index contributed by atoms with van der Waals surface area (Å²) in [6, 6.07) is 0. The Labute approximate surface area is 87.0 Å². The molecule has 3 N–H and O–H groups in total. The average Bonchev–Trinajstić information content (AvgIpc) is 2.40. The second kappa shape index (κ2) is 13.1. The zero-order valence-electron chi connectivity index (χ0n) is 5.46. The third-order valence-corrected chi connectivity index (χ3v) is 0.239. The van der Waals surface area contributed by atoms with Crippen LogP contribution in [0, 0.1) is 6.33 Å². The van der Waals surface area contributed by atoms with Crippen LogP contribution in [0.2, 0.25) is 0 Å². The first kappa shape index (κ1) is 14.0. The molecule has 0 fully saturated rings. The molecule has 10 heteroatoms. The zero-order valence-corrected chi connectivity index (χ0v) is 9.10. The summed E-state index contributed by atoms with van der Waals surface area (Å²) in [5.74, 6) is 0. The van der Waals surface area contributed by atoms with Crippen molar-refractivity contribution < 1.29 is 25.3 Å². The minimum atomic E-state index is -2.03. The number of thiocarbonyl (C=S) groups is 1. The number of aromatic nitrogens is 4. The van der Waals surface area contributed by atoms with E-state index in [-0.39, 0.29) is 4.32 Å². The van der Waals surface area contributed by atoms with Crippen LogP contribution in [0.5, 0.6) is 0 Å². The molecule has 1 aromatic rings. The number of nitrogens with one attached hydrogen (secondary N) is 1. The minimum absolute atomic E-state index is 0.0833. The Balaban J connectivity index is 0. The average molecular weight is 289 g/mol. The van der Waals surface area contributed by atoms with Gasteiger partial charge in [-0.1, -0.05) is 9.53 Å². The Morgan fingerprint density at radius 1 is 1.67 bits per heavy atom. The molecule has 0 aromatic carbocycles. The third-order valence-electron chi connectivity index (χ3n) is 0.239. The van der Waals surface area contributed by atoms with E-state index in [9.17, 15) is 0 Å². The smallest absolute Gasteiger partial charge is 0.0920 e. The van der Waals surface area contributed by atoms with Crippen molar-refractivity contribution in [3.05, 3.63) is 6.33 Å². The van der Waals surface area contributed by atoms with Crippen LogP contribution in [-0.2, 0) is 37.9 Å². The first-order valence-corrected chi connectivity index (χ1v) is 4.58.